The first-order valence-corrected chi connectivity index (χ1v) is 5.12. The lowest BCUT2D eigenvalue weighted by atomic mass is 10.2. The molecule has 0 aliphatic rings. The van der Waals surface area contributed by atoms with Crippen molar-refractivity contribution in [1.82, 2.24) is 14.8 Å². The topological polar surface area (TPSA) is 82.8 Å². The normalized spacial score (nSPS) is 10.5. The summed E-state index contributed by atoms with van der Waals surface area (Å²) in [6.07, 6.45) is 0. The number of halogens is 1. The lowest BCUT2D eigenvalue weighted by molar-refractivity contribution is 0.887. The first-order valence-electron chi connectivity index (χ1n) is 4.32. The average molecular weight is 268 g/mol. The molecule has 0 radical (unpaired) electrons. The van der Waals surface area contributed by atoms with E-state index in [4.69, 9.17) is 11.5 Å². The number of nitrogen functional groups attached to an aromatic ring is 2. The van der Waals surface area contributed by atoms with Crippen molar-refractivity contribution >= 4 is 27.8 Å². The van der Waals surface area contributed by atoms with Gasteiger partial charge in [0.25, 0.3) is 0 Å². The second-order valence-electron chi connectivity index (χ2n) is 3.17. The molecule has 15 heavy (non-hydrogen) atoms. The summed E-state index contributed by atoms with van der Waals surface area (Å²) >= 11 is 3.39. The maximum absolute atomic E-state index is 5.68. The van der Waals surface area contributed by atoms with Crippen molar-refractivity contribution < 1.29 is 0 Å². The van der Waals surface area contributed by atoms with Crippen molar-refractivity contribution in [2.45, 2.75) is 6.92 Å². The SMILES string of the molecule is Cc1cc(Br)ccc1-n1nc(N)nc1N. The summed E-state index contributed by atoms with van der Waals surface area (Å²) in [6, 6.07) is 5.80. The van der Waals surface area contributed by atoms with Crippen molar-refractivity contribution in [3.05, 3.63) is 28.2 Å². The molecule has 2 rings (SSSR count). The molecule has 4 N–H and O–H groups in total. The van der Waals surface area contributed by atoms with Gasteiger partial charge in [0.15, 0.2) is 0 Å². The first kappa shape index (κ1) is 9.97. The van der Waals surface area contributed by atoms with Gasteiger partial charge in [0.1, 0.15) is 0 Å². The number of benzene rings is 1. The van der Waals surface area contributed by atoms with Crippen molar-refractivity contribution in [2.75, 3.05) is 11.5 Å². The molecule has 0 aliphatic carbocycles. The van der Waals surface area contributed by atoms with Crippen LogP contribution in [0.4, 0.5) is 11.9 Å². The van der Waals surface area contributed by atoms with Crippen molar-refractivity contribution in [2.24, 2.45) is 0 Å². The monoisotopic (exact) mass is 267 g/mol. The largest absolute Gasteiger partial charge is 0.368 e. The molecule has 6 heteroatoms. The van der Waals surface area contributed by atoms with Gasteiger partial charge < -0.3 is 11.5 Å². The Labute approximate surface area is 95.2 Å². The molecule has 0 atom stereocenters. The van der Waals surface area contributed by atoms with Crippen LogP contribution >= 0.6 is 15.9 Å². The van der Waals surface area contributed by atoms with Gasteiger partial charge in [-0.2, -0.15) is 9.67 Å². The molecule has 5 nitrogen and oxygen atoms in total. The summed E-state index contributed by atoms with van der Waals surface area (Å²) in [6.45, 7) is 1.97. The van der Waals surface area contributed by atoms with Crippen molar-refractivity contribution in [1.29, 1.82) is 0 Å². The standard InChI is InChI=1S/C9H10BrN5/c1-5-4-6(10)2-3-7(5)15-9(12)13-8(11)14-15/h2-4H,1H3,(H4,11,12,13,14). The van der Waals surface area contributed by atoms with Gasteiger partial charge in [-0.1, -0.05) is 15.9 Å². The Kier molecular flexibility index (Phi) is 2.36. The Hall–Kier alpha value is -1.56. The fraction of sp³-hybridized carbons (Fsp3) is 0.111. The zero-order valence-corrected chi connectivity index (χ0v) is 9.69. The summed E-state index contributed by atoms with van der Waals surface area (Å²) in [4.78, 5) is 3.85. The number of hydrogen-bond acceptors (Lipinski definition) is 4. The molecule has 0 bridgehead atoms. The lowest BCUT2D eigenvalue weighted by Crippen LogP contribution is -2.04. The fourth-order valence-corrected chi connectivity index (χ4v) is 1.85. The quantitative estimate of drug-likeness (QED) is 0.821. The highest BCUT2D eigenvalue weighted by atomic mass is 79.9. The second-order valence-corrected chi connectivity index (χ2v) is 4.09. The maximum Gasteiger partial charge on any atom is 0.241 e. The highest BCUT2D eigenvalue weighted by Gasteiger charge is 2.08. The molecule has 0 amide bonds. The molecule has 0 fully saturated rings. The first-order chi connectivity index (χ1) is 7.08. The van der Waals surface area contributed by atoms with Gasteiger partial charge in [0, 0.05) is 4.47 Å². The smallest absolute Gasteiger partial charge is 0.241 e. The summed E-state index contributed by atoms with van der Waals surface area (Å²) in [5.74, 6) is 0.466. The molecule has 0 unspecified atom stereocenters. The van der Waals surface area contributed by atoms with E-state index in [0.29, 0.717) is 0 Å². The Morgan fingerprint density at radius 3 is 2.60 bits per heavy atom. The fourth-order valence-electron chi connectivity index (χ4n) is 1.37. The third-order valence-corrected chi connectivity index (χ3v) is 2.53. The van der Waals surface area contributed by atoms with E-state index in [0.717, 1.165) is 15.7 Å². The number of nitrogens with zero attached hydrogens (tertiary/aromatic N) is 3. The Morgan fingerprint density at radius 1 is 1.33 bits per heavy atom. The maximum atomic E-state index is 5.68. The van der Waals surface area contributed by atoms with E-state index in [1.165, 1.54) is 4.68 Å². The van der Waals surface area contributed by atoms with Crippen LogP contribution in [0, 0.1) is 6.92 Å². The predicted octanol–water partition coefficient (Wildman–Crippen LogP) is 1.50. The predicted molar refractivity (Wildman–Crippen MR) is 62.6 cm³/mol. The molecule has 1 aromatic carbocycles. The molecule has 78 valence electrons. The molecule has 1 aromatic heterocycles. The van der Waals surface area contributed by atoms with Gasteiger partial charge in [0.2, 0.25) is 11.9 Å². The van der Waals surface area contributed by atoms with Crippen LogP contribution in [0.25, 0.3) is 5.69 Å². The van der Waals surface area contributed by atoms with Crippen molar-refractivity contribution in [3.8, 4) is 5.69 Å². The summed E-state index contributed by atoms with van der Waals surface area (Å²) < 4.78 is 2.53. The minimum absolute atomic E-state index is 0.176. The van der Waals surface area contributed by atoms with Crippen LogP contribution in [0.5, 0.6) is 0 Å². The van der Waals surface area contributed by atoms with Gasteiger partial charge in [0.05, 0.1) is 5.69 Å². The average Bonchev–Trinajstić information content (AvgIpc) is 2.45. The molecule has 1 heterocycles. The second kappa shape index (κ2) is 3.54. The number of anilines is 2. The minimum Gasteiger partial charge on any atom is -0.368 e. The van der Waals surface area contributed by atoms with Crippen LogP contribution in [-0.2, 0) is 0 Å². The Morgan fingerprint density at radius 2 is 2.07 bits per heavy atom. The number of aryl methyl sites for hydroxylation is 1. The number of aromatic nitrogens is 3. The lowest BCUT2D eigenvalue weighted by Gasteiger charge is -2.06. The molecule has 2 aromatic rings. The number of hydrogen-bond donors (Lipinski definition) is 2. The van der Waals surface area contributed by atoms with Crippen LogP contribution in [0.3, 0.4) is 0 Å². The third-order valence-electron chi connectivity index (χ3n) is 2.04. The van der Waals surface area contributed by atoms with Crippen LogP contribution in [0.1, 0.15) is 5.56 Å². The van der Waals surface area contributed by atoms with Crippen LogP contribution < -0.4 is 11.5 Å². The number of nitrogens with two attached hydrogens (primary N) is 2. The highest BCUT2D eigenvalue weighted by Crippen LogP contribution is 2.20. The summed E-state index contributed by atoms with van der Waals surface area (Å²) in [7, 11) is 0. The zero-order chi connectivity index (χ0) is 11.0. The number of rotatable bonds is 1. The molecule has 0 saturated heterocycles. The van der Waals surface area contributed by atoms with Crippen molar-refractivity contribution in [3.63, 3.8) is 0 Å². The summed E-state index contributed by atoms with van der Waals surface area (Å²) in [5.41, 5.74) is 13.1. The van der Waals surface area contributed by atoms with Gasteiger partial charge in [-0.15, -0.1) is 5.10 Å². The van der Waals surface area contributed by atoms with Gasteiger partial charge in [-0.05, 0) is 30.7 Å². The van der Waals surface area contributed by atoms with E-state index in [-0.39, 0.29) is 11.9 Å². The van der Waals surface area contributed by atoms with Crippen LogP contribution in [0.15, 0.2) is 22.7 Å². The van der Waals surface area contributed by atoms with E-state index < -0.39 is 0 Å². The molecule has 0 spiro atoms. The van der Waals surface area contributed by atoms with E-state index in [1.54, 1.807) is 0 Å². The van der Waals surface area contributed by atoms with Crippen LogP contribution in [-0.4, -0.2) is 14.8 Å². The molecular weight excluding hydrogens is 258 g/mol. The van der Waals surface area contributed by atoms with E-state index >= 15 is 0 Å². The third kappa shape index (κ3) is 1.80. The molecular formula is C9H10BrN5. The summed E-state index contributed by atoms with van der Waals surface area (Å²) in [5, 5.41) is 4.01. The Balaban J connectivity index is 2.59. The van der Waals surface area contributed by atoms with Crippen LogP contribution in [0.2, 0.25) is 0 Å². The minimum atomic E-state index is 0.176. The van der Waals surface area contributed by atoms with Gasteiger partial charge >= 0.3 is 0 Å². The molecule has 0 aliphatic heterocycles. The van der Waals surface area contributed by atoms with E-state index in [1.807, 2.05) is 25.1 Å². The zero-order valence-electron chi connectivity index (χ0n) is 8.11. The Bertz CT molecular complexity index is 505. The van der Waals surface area contributed by atoms with Gasteiger partial charge in [-0.25, -0.2) is 0 Å². The molecule has 0 saturated carbocycles. The van der Waals surface area contributed by atoms with E-state index in [9.17, 15) is 0 Å². The van der Waals surface area contributed by atoms with E-state index in [2.05, 4.69) is 26.0 Å². The van der Waals surface area contributed by atoms with Gasteiger partial charge in [-0.3, -0.25) is 0 Å². The highest BCUT2D eigenvalue weighted by molar-refractivity contribution is 9.10.